The lowest BCUT2D eigenvalue weighted by molar-refractivity contribution is -0.389. The van der Waals surface area contributed by atoms with Gasteiger partial charge in [0.15, 0.2) is 6.20 Å². The molecule has 0 atom stereocenters. The highest BCUT2D eigenvalue weighted by Crippen LogP contribution is 2.13. The van der Waals surface area contributed by atoms with Crippen LogP contribution in [0.4, 0.5) is 11.5 Å². The first-order valence-corrected chi connectivity index (χ1v) is 5.47. The van der Waals surface area contributed by atoms with Crippen LogP contribution in [0.25, 0.3) is 0 Å². The molecule has 2 heterocycles. The molecule has 2 aromatic heterocycles. The van der Waals surface area contributed by atoms with Crippen molar-refractivity contribution in [3.05, 3.63) is 46.3 Å². The van der Waals surface area contributed by atoms with Gasteiger partial charge in [-0.1, -0.05) is 6.92 Å². The van der Waals surface area contributed by atoms with Gasteiger partial charge in [-0.3, -0.25) is 0 Å². The number of nitrogens with one attached hydrogen (secondary N) is 1. The Bertz CT molecular complexity index is 535. The maximum Gasteiger partial charge on any atom is 0.363 e. The van der Waals surface area contributed by atoms with Gasteiger partial charge < -0.3 is 19.8 Å². The number of pyridine rings is 1. The minimum Gasteiger partial charge on any atom is -0.444 e. The van der Waals surface area contributed by atoms with Crippen molar-refractivity contribution in [3.63, 3.8) is 0 Å². The van der Waals surface area contributed by atoms with E-state index in [2.05, 4.69) is 15.3 Å². The Morgan fingerprint density at radius 2 is 2.22 bits per heavy atom. The molecule has 0 radical (unpaired) electrons. The summed E-state index contributed by atoms with van der Waals surface area (Å²) in [6.07, 6.45) is 3.89. The minimum atomic E-state index is -0.536. The summed E-state index contributed by atoms with van der Waals surface area (Å²) < 4.78 is 5.41. The Morgan fingerprint density at radius 1 is 1.39 bits per heavy atom. The molecule has 7 nitrogen and oxygen atoms in total. The van der Waals surface area contributed by atoms with Gasteiger partial charge in [0.25, 0.3) is 0 Å². The van der Waals surface area contributed by atoms with E-state index in [0.717, 1.165) is 12.2 Å². The van der Waals surface area contributed by atoms with Crippen LogP contribution >= 0.6 is 0 Å². The number of nitro groups is 1. The number of aromatic nitrogens is 2. The van der Waals surface area contributed by atoms with Gasteiger partial charge in [0.1, 0.15) is 5.76 Å². The maximum absolute atomic E-state index is 10.4. The maximum atomic E-state index is 10.4. The lowest BCUT2D eigenvalue weighted by atomic mass is 10.4. The van der Waals surface area contributed by atoms with Crippen LogP contribution < -0.4 is 5.32 Å². The van der Waals surface area contributed by atoms with Crippen LogP contribution in [0.1, 0.15) is 18.6 Å². The van der Waals surface area contributed by atoms with Gasteiger partial charge in [0, 0.05) is 12.5 Å². The van der Waals surface area contributed by atoms with Gasteiger partial charge in [-0.25, -0.2) is 4.98 Å². The lowest BCUT2D eigenvalue weighted by Gasteiger charge is -2.00. The first-order valence-electron chi connectivity index (χ1n) is 5.47. The zero-order chi connectivity index (χ0) is 13.0. The predicted octanol–water partition coefficient (Wildman–Crippen LogP) is 2.15. The minimum absolute atomic E-state index is 0.176. The number of rotatable bonds is 5. The van der Waals surface area contributed by atoms with Gasteiger partial charge in [-0.15, -0.1) is 0 Å². The first kappa shape index (κ1) is 12.0. The van der Waals surface area contributed by atoms with Crippen molar-refractivity contribution < 1.29 is 9.34 Å². The number of hydrogen-bond acceptors (Lipinski definition) is 6. The van der Waals surface area contributed by atoms with Crippen LogP contribution in [0, 0.1) is 10.1 Å². The highest BCUT2D eigenvalue weighted by Gasteiger charge is 2.07. The van der Waals surface area contributed by atoms with Crippen molar-refractivity contribution in [2.45, 2.75) is 19.9 Å². The van der Waals surface area contributed by atoms with Crippen LogP contribution in [0.5, 0.6) is 0 Å². The molecule has 0 spiro atoms. The summed E-state index contributed by atoms with van der Waals surface area (Å²) in [5.41, 5.74) is 0.678. The number of oxazole rings is 1. The fourth-order valence-corrected chi connectivity index (χ4v) is 1.37. The molecule has 0 bridgehead atoms. The molecule has 18 heavy (non-hydrogen) atoms. The predicted molar refractivity (Wildman–Crippen MR) is 64.1 cm³/mol. The summed E-state index contributed by atoms with van der Waals surface area (Å²) in [5.74, 6) is 1.23. The summed E-state index contributed by atoms with van der Waals surface area (Å²) in [5, 5.41) is 13.4. The van der Waals surface area contributed by atoms with E-state index in [1.807, 2.05) is 6.92 Å². The van der Waals surface area contributed by atoms with Crippen LogP contribution in [0.3, 0.4) is 0 Å². The Balaban J connectivity index is 1.95. The van der Waals surface area contributed by atoms with Crippen molar-refractivity contribution in [1.82, 2.24) is 9.97 Å². The molecule has 94 valence electrons. The lowest BCUT2D eigenvalue weighted by Crippen LogP contribution is -2.00. The van der Waals surface area contributed by atoms with Crippen molar-refractivity contribution in [2.24, 2.45) is 0 Å². The van der Waals surface area contributed by atoms with E-state index in [0.29, 0.717) is 18.1 Å². The fourth-order valence-electron chi connectivity index (χ4n) is 1.37. The third-order valence-electron chi connectivity index (χ3n) is 2.33. The van der Waals surface area contributed by atoms with E-state index in [1.54, 1.807) is 12.3 Å². The van der Waals surface area contributed by atoms with Crippen LogP contribution in [-0.4, -0.2) is 14.9 Å². The van der Waals surface area contributed by atoms with E-state index < -0.39 is 4.92 Å². The molecule has 0 aliphatic rings. The highest BCUT2D eigenvalue weighted by molar-refractivity contribution is 5.43. The van der Waals surface area contributed by atoms with Crippen LogP contribution in [0.15, 0.2) is 28.9 Å². The van der Waals surface area contributed by atoms with Crippen molar-refractivity contribution in [3.8, 4) is 0 Å². The first-order chi connectivity index (χ1) is 8.69. The Hall–Kier alpha value is -2.44. The SMILES string of the molecule is CCc1cnc(CNc2ccc([N+](=O)[O-])nc2)o1. The molecule has 0 saturated heterocycles. The third kappa shape index (κ3) is 2.82. The molecule has 0 fully saturated rings. The Kier molecular flexibility index (Phi) is 3.52. The summed E-state index contributed by atoms with van der Waals surface area (Å²) in [7, 11) is 0. The molecule has 0 aliphatic heterocycles. The van der Waals surface area contributed by atoms with Crippen molar-refractivity contribution in [2.75, 3.05) is 5.32 Å². The summed E-state index contributed by atoms with van der Waals surface area (Å²) >= 11 is 0. The fraction of sp³-hybridized carbons (Fsp3) is 0.273. The summed E-state index contributed by atoms with van der Waals surface area (Å²) in [6, 6.07) is 2.93. The van der Waals surface area contributed by atoms with Gasteiger partial charge in [0.2, 0.25) is 5.89 Å². The average Bonchev–Trinajstić information content (AvgIpc) is 2.85. The van der Waals surface area contributed by atoms with E-state index in [9.17, 15) is 10.1 Å². The number of nitrogens with zero attached hydrogens (tertiary/aromatic N) is 3. The smallest absolute Gasteiger partial charge is 0.363 e. The second-order valence-corrected chi connectivity index (χ2v) is 3.59. The highest BCUT2D eigenvalue weighted by atomic mass is 16.6. The molecule has 0 amide bonds. The molecule has 0 saturated carbocycles. The van der Waals surface area contributed by atoms with E-state index in [-0.39, 0.29) is 5.82 Å². The zero-order valence-electron chi connectivity index (χ0n) is 9.79. The molecule has 2 aromatic rings. The largest absolute Gasteiger partial charge is 0.444 e. The van der Waals surface area contributed by atoms with Gasteiger partial charge in [-0.2, -0.15) is 0 Å². The van der Waals surface area contributed by atoms with E-state index >= 15 is 0 Å². The Morgan fingerprint density at radius 3 is 2.78 bits per heavy atom. The van der Waals surface area contributed by atoms with E-state index in [4.69, 9.17) is 4.42 Å². The van der Waals surface area contributed by atoms with Crippen LogP contribution in [-0.2, 0) is 13.0 Å². The second-order valence-electron chi connectivity index (χ2n) is 3.59. The Labute approximate surface area is 103 Å². The average molecular weight is 248 g/mol. The third-order valence-corrected chi connectivity index (χ3v) is 2.33. The molecule has 0 aliphatic carbocycles. The van der Waals surface area contributed by atoms with Gasteiger partial charge >= 0.3 is 5.82 Å². The molecule has 0 unspecified atom stereocenters. The molecule has 0 aromatic carbocycles. The zero-order valence-corrected chi connectivity index (χ0v) is 9.79. The monoisotopic (exact) mass is 248 g/mol. The summed E-state index contributed by atoms with van der Waals surface area (Å²) in [4.78, 5) is 17.7. The number of aryl methyl sites for hydroxylation is 1. The van der Waals surface area contributed by atoms with E-state index in [1.165, 1.54) is 12.3 Å². The molecule has 2 rings (SSSR count). The normalized spacial score (nSPS) is 10.3. The number of hydrogen-bond donors (Lipinski definition) is 1. The topological polar surface area (TPSA) is 94.1 Å². The van der Waals surface area contributed by atoms with Crippen molar-refractivity contribution >= 4 is 11.5 Å². The standard InChI is InChI=1S/C11H12N4O3/c1-2-9-6-14-11(18-9)7-12-8-3-4-10(13-5-8)15(16)17/h3-6,12H,2,7H2,1H3. The van der Waals surface area contributed by atoms with Crippen molar-refractivity contribution in [1.29, 1.82) is 0 Å². The molecular formula is C11H12N4O3. The second kappa shape index (κ2) is 5.26. The van der Waals surface area contributed by atoms with Crippen LogP contribution in [0.2, 0.25) is 0 Å². The molecule has 7 heteroatoms. The quantitative estimate of drug-likeness (QED) is 0.643. The molecule has 1 N–H and O–H groups in total. The molecular weight excluding hydrogens is 236 g/mol. The number of anilines is 1. The van der Waals surface area contributed by atoms with Gasteiger partial charge in [-0.05, 0) is 16.0 Å². The summed E-state index contributed by atoms with van der Waals surface area (Å²) in [6.45, 7) is 2.40. The van der Waals surface area contributed by atoms with Gasteiger partial charge in [0.05, 0.1) is 18.4 Å².